The molecule has 1 atom stereocenters. The van der Waals surface area contributed by atoms with E-state index >= 15 is 0 Å². The fourth-order valence-corrected chi connectivity index (χ4v) is 3.79. The maximum atomic E-state index is 12.0. The molecule has 0 aliphatic rings. The number of nitrogens with one attached hydrogen (secondary N) is 2. The molecule has 0 saturated heterocycles. The first-order valence-electron chi connectivity index (χ1n) is 6.53. The molecule has 0 spiro atoms. The molecule has 1 aromatic heterocycles. The number of carbonyl (C=O) groups is 1. The average molecular weight is 400 g/mol. The van der Waals surface area contributed by atoms with Crippen molar-refractivity contribution in [3.05, 3.63) is 49.6 Å². The zero-order valence-corrected chi connectivity index (χ0v) is 15.0. The topological polar surface area (TPSA) is 57.3 Å². The first-order chi connectivity index (χ1) is 10.5. The highest BCUT2D eigenvalue weighted by Crippen LogP contribution is 2.21. The largest absolute Gasteiger partial charge is 0.325 e. The average Bonchev–Trinajstić information content (AvgIpc) is 2.83. The second-order valence-electron chi connectivity index (χ2n) is 4.87. The molecular formula is C15H14BrClN3OS+. The van der Waals surface area contributed by atoms with Crippen LogP contribution in [0.5, 0.6) is 0 Å². The number of benzene rings is 1. The fraction of sp³-hybridized carbons (Fsp3) is 0.200. The lowest BCUT2D eigenvalue weighted by atomic mass is 10.2. The lowest BCUT2D eigenvalue weighted by Crippen LogP contribution is -3.08. The first-order valence-corrected chi connectivity index (χ1v) is 8.51. The summed E-state index contributed by atoms with van der Waals surface area (Å²) in [5, 5.41) is 12.0. The summed E-state index contributed by atoms with van der Waals surface area (Å²) in [5.74, 6) is -0.0890. The third-order valence-corrected chi connectivity index (χ3v) is 4.88. The smallest absolute Gasteiger partial charge is 0.279 e. The molecule has 0 fully saturated rings. The van der Waals surface area contributed by atoms with E-state index < -0.39 is 0 Å². The molecule has 22 heavy (non-hydrogen) atoms. The molecule has 2 aromatic rings. The van der Waals surface area contributed by atoms with Crippen LogP contribution in [0, 0.1) is 11.3 Å². The molecule has 4 nitrogen and oxygen atoms in total. The minimum Gasteiger partial charge on any atom is -0.325 e. The normalized spacial score (nSPS) is 11.7. The Bertz CT molecular complexity index is 726. The van der Waals surface area contributed by atoms with E-state index in [2.05, 4.69) is 27.3 Å². The van der Waals surface area contributed by atoms with Gasteiger partial charge in [-0.05, 0) is 46.3 Å². The number of anilines is 1. The molecule has 0 radical (unpaired) electrons. The Balaban J connectivity index is 1.89. The van der Waals surface area contributed by atoms with Crippen molar-refractivity contribution in [2.24, 2.45) is 0 Å². The summed E-state index contributed by atoms with van der Waals surface area (Å²) in [4.78, 5) is 14.3. The third kappa shape index (κ3) is 4.82. The van der Waals surface area contributed by atoms with Gasteiger partial charge in [-0.15, -0.1) is 11.3 Å². The number of rotatable bonds is 5. The second-order valence-corrected chi connectivity index (χ2v) is 7.83. The third-order valence-electron chi connectivity index (χ3n) is 2.94. The fourth-order valence-electron chi connectivity index (χ4n) is 1.97. The monoisotopic (exact) mass is 398 g/mol. The molecule has 1 heterocycles. The summed E-state index contributed by atoms with van der Waals surface area (Å²) in [6, 6.07) is 10.9. The van der Waals surface area contributed by atoms with E-state index in [1.165, 1.54) is 4.88 Å². The van der Waals surface area contributed by atoms with Crippen LogP contribution in [0.3, 0.4) is 0 Å². The molecule has 0 saturated carbocycles. The molecule has 1 aromatic carbocycles. The van der Waals surface area contributed by atoms with E-state index in [1.807, 2.05) is 19.2 Å². The Kier molecular flexibility index (Phi) is 5.98. The van der Waals surface area contributed by atoms with Gasteiger partial charge in [0, 0.05) is 5.69 Å². The quantitative estimate of drug-likeness (QED) is 0.812. The zero-order valence-electron chi connectivity index (χ0n) is 11.8. The number of likely N-dealkylation sites (N-methyl/N-ethyl adjacent to an activating group) is 1. The van der Waals surface area contributed by atoms with E-state index in [0.29, 0.717) is 22.8 Å². The van der Waals surface area contributed by atoms with Crippen molar-refractivity contribution in [1.82, 2.24) is 0 Å². The summed E-state index contributed by atoms with van der Waals surface area (Å²) in [7, 11) is 1.97. The molecule has 2 rings (SSSR count). The molecular weight excluding hydrogens is 386 g/mol. The van der Waals surface area contributed by atoms with Crippen LogP contribution in [0.25, 0.3) is 0 Å². The molecule has 7 heteroatoms. The van der Waals surface area contributed by atoms with Gasteiger partial charge >= 0.3 is 0 Å². The van der Waals surface area contributed by atoms with E-state index in [0.717, 1.165) is 15.2 Å². The number of quaternary nitrogens is 1. The van der Waals surface area contributed by atoms with Crippen LogP contribution in [0.2, 0.25) is 5.02 Å². The molecule has 0 aliphatic heterocycles. The summed E-state index contributed by atoms with van der Waals surface area (Å²) in [6.07, 6.45) is 0. The van der Waals surface area contributed by atoms with Gasteiger partial charge in [-0.1, -0.05) is 11.6 Å². The summed E-state index contributed by atoms with van der Waals surface area (Å²) in [5.41, 5.74) is 0.992. The molecule has 114 valence electrons. The second kappa shape index (κ2) is 7.75. The van der Waals surface area contributed by atoms with Crippen LogP contribution in [0.4, 0.5) is 5.69 Å². The van der Waals surface area contributed by atoms with E-state index in [1.54, 1.807) is 29.5 Å². The Morgan fingerprint density at radius 3 is 2.82 bits per heavy atom. The van der Waals surface area contributed by atoms with Crippen LogP contribution >= 0.6 is 38.9 Å². The van der Waals surface area contributed by atoms with E-state index in [-0.39, 0.29) is 5.91 Å². The minimum atomic E-state index is -0.0890. The first kappa shape index (κ1) is 17.0. The van der Waals surface area contributed by atoms with Gasteiger partial charge in [0.15, 0.2) is 6.54 Å². The highest BCUT2D eigenvalue weighted by atomic mass is 79.9. The Labute approximate surface area is 146 Å². The summed E-state index contributed by atoms with van der Waals surface area (Å²) in [6.45, 7) is 1.14. The van der Waals surface area contributed by atoms with Crippen LogP contribution in [-0.2, 0) is 11.3 Å². The maximum absolute atomic E-state index is 12.0. The van der Waals surface area contributed by atoms with Crippen molar-refractivity contribution in [2.45, 2.75) is 6.54 Å². The van der Waals surface area contributed by atoms with Gasteiger partial charge in [0.2, 0.25) is 0 Å². The number of nitriles is 1. The molecule has 1 amide bonds. The number of hydrogen-bond acceptors (Lipinski definition) is 3. The van der Waals surface area contributed by atoms with Crippen molar-refractivity contribution in [3.8, 4) is 6.07 Å². The Hall–Kier alpha value is -1.39. The van der Waals surface area contributed by atoms with Gasteiger partial charge in [0.1, 0.15) is 12.6 Å². The number of amides is 1. The molecule has 2 N–H and O–H groups in total. The van der Waals surface area contributed by atoms with E-state index in [9.17, 15) is 4.79 Å². The van der Waals surface area contributed by atoms with Gasteiger partial charge < -0.3 is 10.2 Å². The summed E-state index contributed by atoms with van der Waals surface area (Å²) < 4.78 is 1.09. The number of hydrogen-bond donors (Lipinski definition) is 2. The highest BCUT2D eigenvalue weighted by molar-refractivity contribution is 9.11. The number of nitrogens with zero attached hydrogens (tertiary/aromatic N) is 1. The molecule has 0 aliphatic carbocycles. The standard InChI is InChI=1S/C15H13BrClN3OS/c1-20(8-12-4-5-14(16)22-12)9-15(21)19-11-3-2-10(7-18)13(17)6-11/h2-6H,8-9H2,1H3,(H,19,21)/p+1. The predicted octanol–water partition coefficient (Wildman–Crippen LogP) is 2.69. The van der Waals surface area contributed by atoms with Crippen molar-refractivity contribution in [1.29, 1.82) is 5.26 Å². The van der Waals surface area contributed by atoms with Gasteiger partial charge in [0.25, 0.3) is 5.91 Å². The SMILES string of the molecule is C[NH+](CC(=O)Nc1ccc(C#N)c(Cl)c1)Cc1ccc(Br)s1. The molecule has 1 unspecified atom stereocenters. The zero-order chi connectivity index (χ0) is 16.1. The minimum absolute atomic E-state index is 0.0890. The van der Waals surface area contributed by atoms with Crippen molar-refractivity contribution in [2.75, 3.05) is 18.9 Å². The van der Waals surface area contributed by atoms with Crippen molar-refractivity contribution in [3.63, 3.8) is 0 Å². The van der Waals surface area contributed by atoms with Gasteiger partial charge in [-0.25, -0.2) is 0 Å². The predicted molar refractivity (Wildman–Crippen MR) is 92.3 cm³/mol. The highest BCUT2D eigenvalue weighted by Gasteiger charge is 2.12. The van der Waals surface area contributed by atoms with E-state index in [4.69, 9.17) is 16.9 Å². The lowest BCUT2D eigenvalue weighted by molar-refractivity contribution is -0.884. The van der Waals surface area contributed by atoms with Gasteiger partial charge in [0.05, 0.1) is 26.3 Å². The van der Waals surface area contributed by atoms with Crippen LogP contribution in [0.15, 0.2) is 34.1 Å². The maximum Gasteiger partial charge on any atom is 0.279 e. The lowest BCUT2D eigenvalue weighted by Gasteiger charge is -2.13. The van der Waals surface area contributed by atoms with Crippen LogP contribution in [0.1, 0.15) is 10.4 Å². The Morgan fingerprint density at radius 2 is 2.23 bits per heavy atom. The number of thiophene rings is 1. The number of carbonyl (C=O) groups excluding carboxylic acids is 1. The summed E-state index contributed by atoms with van der Waals surface area (Å²) >= 11 is 11.0. The van der Waals surface area contributed by atoms with Crippen LogP contribution < -0.4 is 10.2 Å². The number of halogens is 2. The van der Waals surface area contributed by atoms with Crippen LogP contribution in [-0.4, -0.2) is 19.5 Å². The van der Waals surface area contributed by atoms with Crippen molar-refractivity contribution >= 4 is 50.5 Å². The Morgan fingerprint density at radius 1 is 1.45 bits per heavy atom. The van der Waals surface area contributed by atoms with Gasteiger partial charge in [-0.2, -0.15) is 5.26 Å². The van der Waals surface area contributed by atoms with Gasteiger partial charge in [-0.3, -0.25) is 4.79 Å². The van der Waals surface area contributed by atoms with Crippen molar-refractivity contribution < 1.29 is 9.69 Å². The molecule has 0 bridgehead atoms.